The molecule has 288 valence electrons. The summed E-state index contributed by atoms with van der Waals surface area (Å²) in [6, 6.07) is 27.3. The summed E-state index contributed by atoms with van der Waals surface area (Å²) < 4.78 is 28.7. The highest BCUT2D eigenvalue weighted by molar-refractivity contribution is 6.03. The van der Waals surface area contributed by atoms with Crippen LogP contribution in [0.2, 0.25) is 0 Å². The summed E-state index contributed by atoms with van der Waals surface area (Å²) in [6.07, 6.45) is -2.81. The summed E-state index contributed by atoms with van der Waals surface area (Å²) in [6.45, 7) is 5.30. The minimum Gasteiger partial charge on any atom is -0.465 e. The number of nitrogens with zero attached hydrogens (tertiary/aromatic N) is 5. The molecule has 0 fully saturated rings. The van der Waals surface area contributed by atoms with E-state index in [1.165, 1.54) is 14.0 Å². The van der Waals surface area contributed by atoms with Gasteiger partial charge >= 0.3 is 12.1 Å². The van der Waals surface area contributed by atoms with Crippen molar-refractivity contribution in [1.29, 1.82) is 0 Å². The molecule has 17 heteroatoms. The Morgan fingerprint density at radius 1 is 0.927 bits per heavy atom. The molecule has 5 aromatic rings. The quantitative estimate of drug-likeness (QED) is 0.0228. The topological polar surface area (TPSA) is 218 Å². The van der Waals surface area contributed by atoms with Crippen molar-refractivity contribution in [3.05, 3.63) is 129 Å². The number of ether oxygens (including phenoxy) is 5. The SMILES string of the molecule is CCOc1nc2cccc(C(=O)OC(C)OC)c2n1Cc1ccc(-c2ccccc2/C(N)=N/N(N)C(C)OC(=O)OCc2cccc(CO[N+](=O)[O-])c2)cc1. The second-order valence-corrected chi connectivity index (χ2v) is 12.0. The highest BCUT2D eigenvalue weighted by atomic mass is 16.9. The minimum atomic E-state index is -1.07. The molecule has 0 saturated carbocycles. The van der Waals surface area contributed by atoms with E-state index in [0.717, 1.165) is 21.8 Å². The van der Waals surface area contributed by atoms with Crippen LogP contribution in [0.1, 0.15) is 53.4 Å². The Balaban J connectivity index is 1.28. The number of hydrazine groups is 1. The van der Waals surface area contributed by atoms with Crippen molar-refractivity contribution < 1.29 is 43.2 Å². The Labute approximate surface area is 316 Å². The first-order chi connectivity index (χ1) is 26.5. The molecule has 17 nitrogen and oxygen atoms in total. The van der Waals surface area contributed by atoms with E-state index < -0.39 is 29.7 Å². The Morgan fingerprint density at radius 2 is 1.62 bits per heavy atom. The van der Waals surface area contributed by atoms with Gasteiger partial charge in [0, 0.05) is 12.7 Å². The molecule has 0 aliphatic heterocycles. The van der Waals surface area contributed by atoms with E-state index in [4.69, 9.17) is 35.3 Å². The number of nitrogens with two attached hydrogens (primary N) is 2. The van der Waals surface area contributed by atoms with Gasteiger partial charge in [0.05, 0.1) is 29.7 Å². The molecule has 0 radical (unpaired) electrons. The van der Waals surface area contributed by atoms with Gasteiger partial charge < -0.3 is 34.3 Å². The number of fused-ring (bicyclic) bond motifs is 1. The zero-order valence-electron chi connectivity index (χ0n) is 30.6. The molecule has 0 bridgehead atoms. The van der Waals surface area contributed by atoms with Crippen molar-refractivity contribution in [2.24, 2.45) is 16.7 Å². The van der Waals surface area contributed by atoms with Crippen LogP contribution in [0, 0.1) is 10.1 Å². The molecule has 0 aliphatic carbocycles. The Bertz CT molecular complexity index is 2160. The minimum absolute atomic E-state index is 0.0631. The fourth-order valence-electron chi connectivity index (χ4n) is 5.47. The third kappa shape index (κ3) is 10.2. The summed E-state index contributed by atoms with van der Waals surface area (Å²) >= 11 is 0. The van der Waals surface area contributed by atoms with E-state index >= 15 is 0 Å². The first-order valence-corrected chi connectivity index (χ1v) is 17.1. The van der Waals surface area contributed by atoms with Crippen LogP contribution in [0.15, 0.2) is 96.1 Å². The average Bonchev–Trinajstić information content (AvgIpc) is 3.53. The van der Waals surface area contributed by atoms with E-state index in [1.54, 1.807) is 49.4 Å². The maximum absolute atomic E-state index is 13.1. The van der Waals surface area contributed by atoms with Crippen LogP contribution >= 0.6 is 0 Å². The maximum Gasteiger partial charge on any atom is 0.510 e. The van der Waals surface area contributed by atoms with Gasteiger partial charge in [-0.2, -0.15) is 10.1 Å². The van der Waals surface area contributed by atoms with E-state index in [0.29, 0.717) is 52.4 Å². The lowest BCUT2D eigenvalue weighted by molar-refractivity contribution is -0.763. The van der Waals surface area contributed by atoms with E-state index in [1.807, 2.05) is 60.0 Å². The molecular formula is C38H41N7O10. The van der Waals surface area contributed by atoms with Crippen LogP contribution < -0.4 is 16.3 Å². The molecule has 5 rings (SSSR count). The molecule has 2 unspecified atom stereocenters. The molecule has 0 spiro atoms. The van der Waals surface area contributed by atoms with Crippen molar-refractivity contribution in [2.75, 3.05) is 13.7 Å². The molecule has 1 aromatic heterocycles. The molecule has 4 aromatic carbocycles. The number of methoxy groups -OCH3 is 1. The molecule has 0 saturated heterocycles. The van der Waals surface area contributed by atoms with E-state index in [9.17, 15) is 19.7 Å². The van der Waals surface area contributed by atoms with Crippen LogP contribution in [0.5, 0.6) is 6.01 Å². The number of carbonyl (C=O) groups is 2. The number of imidazole rings is 1. The predicted molar refractivity (Wildman–Crippen MR) is 199 cm³/mol. The Morgan fingerprint density at radius 3 is 2.33 bits per heavy atom. The Hall–Kier alpha value is -6.72. The fraction of sp³-hybridized carbons (Fsp3) is 0.263. The third-order valence-corrected chi connectivity index (χ3v) is 8.19. The highest BCUT2D eigenvalue weighted by Crippen LogP contribution is 2.29. The van der Waals surface area contributed by atoms with E-state index in [2.05, 4.69) is 14.9 Å². The molecular weight excluding hydrogens is 714 g/mol. The van der Waals surface area contributed by atoms with Crippen LogP contribution in [-0.2, 0) is 43.5 Å². The standard InChI is InChI=1S/C38H41N7O10/c1-5-51-37-41-33-15-9-14-32(36(46)55-25(3)50-4)34(33)43(37)21-26-16-18-29(19-17-26)30-12-6-7-13-31(30)35(39)42-44(40)24(2)54-38(47)52-22-27-10-8-11-28(20-27)23-53-45(48)49/h6-20,24-25H,5,21-23,40H2,1-4H3,(H2,39,42). The average molecular weight is 756 g/mol. The molecule has 55 heavy (non-hydrogen) atoms. The predicted octanol–water partition coefficient (Wildman–Crippen LogP) is 5.50. The number of hydrogen-bond acceptors (Lipinski definition) is 14. The molecule has 2 atom stereocenters. The summed E-state index contributed by atoms with van der Waals surface area (Å²) in [5.74, 6) is 5.62. The van der Waals surface area contributed by atoms with Crippen LogP contribution in [0.3, 0.4) is 0 Å². The van der Waals surface area contributed by atoms with Gasteiger partial charge in [0.25, 0.3) is 11.1 Å². The normalized spacial score (nSPS) is 12.4. The zero-order valence-corrected chi connectivity index (χ0v) is 30.6. The molecule has 4 N–H and O–H groups in total. The van der Waals surface area contributed by atoms with Gasteiger partial charge in [0.2, 0.25) is 6.23 Å². The lowest BCUT2D eigenvalue weighted by Gasteiger charge is -2.21. The molecule has 1 heterocycles. The molecule has 0 amide bonds. The number of aromatic nitrogens is 2. The van der Waals surface area contributed by atoms with Gasteiger partial charge in [-0.3, -0.25) is 4.57 Å². The number of para-hydroxylation sites is 1. The van der Waals surface area contributed by atoms with Crippen molar-refractivity contribution in [3.63, 3.8) is 0 Å². The number of benzene rings is 4. The highest BCUT2D eigenvalue weighted by Gasteiger charge is 2.22. The van der Waals surface area contributed by atoms with Gasteiger partial charge in [-0.25, -0.2) is 15.4 Å². The Kier molecular flexibility index (Phi) is 13.2. The smallest absolute Gasteiger partial charge is 0.465 e. The van der Waals surface area contributed by atoms with Crippen molar-refractivity contribution >= 4 is 29.0 Å². The van der Waals surface area contributed by atoms with Crippen molar-refractivity contribution in [1.82, 2.24) is 14.7 Å². The number of hydrazone groups is 1. The monoisotopic (exact) mass is 755 g/mol. The van der Waals surface area contributed by atoms with E-state index in [-0.39, 0.29) is 19.0 Å². The largest absolute Gasteiger partial charge is 0.510 e. The zero-order chi connectivity index (χ0) is 39.5. The van der Waals surface area contributed by atoms with Gasteiger partial charge in [-0.1, -0.05) is 78.9 Å². The first kappa shape index (κ1) is 39.5. The van der Waals surface area contributed by atoms with Crippen LogP contribution in [0.25, 0.3) is 22.2 Å². The summed E-state index contributed by atoms with van der Waals surface area (Å²) in [5, 5.41) is 14.7. The summed E-state index contributed by atoms with van der Waals surface area (Å²) in [5.41, 5.74) is 12.1. The van der Waals surface area contributed by atoms with Gasteiger partial charge in [-0.05, 0) is 60.7 Å². The van der Waals surface area contributed by atoms with Crippen LogP contribution in [-0.4, -0.2) is 64.0 Å². The van der Waals surface area contributed by atoms with Crippen LogP contribution in [0.4, 0.5) is 4.79 Å². The summed E-state index contributed by atoms with van der Waals surface area (Å²) in [4.78, 5) is 45.0. The van der Waals surface area contributed by atoms with Crippen molar-refractivity contribution in [3.8, 4) is 17.1 Å². The number of amidine groups is 1. The summed E-state index contributed by atoms with van der Waals surface area (Å²) in [7, 11) is 1.46. The van der Waals surface area contributed by atoms with Crippen molar-refractivity contribution in [2.45, 2.75) is 53.0 Å². The number of hydrogen-bond donors (Lipinski definition) is 2. The van der Waals surface area contributed by atoms with Gasteiger partial charge in [0.15, 0.2) is 12.1 Å². The number of carbonyl (C=O) groups excluding carboxylic acids is 2. The fourth-order valence-corrected chi connectivity index (χ4v) is 5.47. The lowest BCUT2D eigenvalue weighted by atomic mass is 9.98. The maximum atomic E-state index is 13.1. The molecule has 0 aliphatic rings. The second kappa shape index (κ2) is 18.4. The van der Waals surface area contributed by atoms with Gasteiger partial charge in [0.1, 0.15) is 13.2 Å². The van der Waals surface area contributed by atoms with Gasteiger partial charge in [-0.15, -0.1) is 15.2 Å². The lowest BCUT2D eigenvalue weighted by Crippen LogP contribution is -2.40. The third-order valence-electron chi connectivity index (χ3n) is 8.19. The number of esters is 1. The second-order valence-electron chi connectivity index (χ2n) is 12.0. The number of rotatable bonds is 17. The first-order valence-electron chi connectivity index (χ1n) is 17.1.